The quantitative estimate of drug-likeness (QED) is 0.288. The minimum atomic E-state index is -0.251. The van der Waals surface area contributed by atoms with Gasteiger partial charge in [0.2, 0.25) is 0 Å². The molecule has 1 N–H and O–H groups in total. The maximum Gasteiger partial charge on any atom is 0.159 e. The molecule has 1 aliphatic carbocycles. The number of aromatic nitrogens is 2. The molecule has 6 heteroatoms. The number of carbonyl (C=O) groups is 1. The number of piperidine rings is 1. The fourth-order valence-corrected chi connectivity index (χ4v) is 5.08. The van der Waals surface area contributed by atoms with Crippen LogP contribution in [0.4, 0.5) is 10.2 Å². The highest BCUT2D eigenvalue weighted by atomic mass is 19.1. The van der Waals surface area contributed by atoms with Crippen LogP contribution >= 0.6 is 0 Å². The molecule has 1 aliphatic heterocycles. The van der Waals surface area contributed by atoms with Crippen LogP contribution in [0.15, 0.2) is 42.5 Å². The first-order valence-electron chi connectivity index (χ1n) is 12.3. The van der Waals surface area contributed by atoms with Crippen LogP contribution in [-0.2, 0) is 12.8 Å². The van der Waals surface area contributed by atoms with E-state index in [1.165, 1.54) is 44.5 Å². The summed E-state index contributed by atoms with van der Waals surface area (Å²) in [7, 11) is 0. The number of rotatable bonds is 8. The van der Waals surface area contributed by atoms with E-state index >= 15 is 0 Å². The number of nitrogens with zero attached hydrogens (tertiary/aromatic N) is 3. The molecule has 0 saturated carbocycles. The molecule has 0 amide bonds. The summed E-state index contributed by atoms with van der Waals surface area (Å²) in [6, 6.07) is 12.5. The topological polar surface area (TPSA) is 58.1 Å². The lowest BCUT2D eigenvalue weighted by atomic mass is 10.0. The highest BCUT2D eigenvalue weighted by molar-refractivity contribution is 5.96. The second-order valence-corrected chi connectivity index (χ2v) is 9.40. The molecule has 5 rings (SSSR count). The van der Waals surface area contributed by atoms with Gasteiger partial charge in [-0.15, -0.1) is 0 Å². The van der Waals surface area contributed by atoms with Gasteiger partial charge in [0, 0.05) is 30.5 Å². The van der Waals surface area contributed by atoms with E-state index in [4.69, 9.17) is 9.97 Å². The SMILES string of the molecule is CC(=O)c1ccc2c(c1)Cc1nc(Cc3cccc(F)c3)nc(NCCCN3CCCCC3)c1-2. The van der Waals surface area contributed by atoms with Crippen molar-refractivity contribution in [1.82, 2.24) is 14.9 Å². The first-order chi connectivity index (χ1) is 16.6. The molecule has 3 aromatic rings. The molecule has 0 unspecified atom stereocenters. The zero-order chi connectivity index (χ0) is 23.5. The van der Waals surface area contributed by atoms with Crippen LogP contribution in [0.3, 0.4) is 0 Å². The maximum absolute atomic E-state index is 13.7. The Hall–Kier alpha value is -3.12. The summed E-state index contributed by atoms with van der Waals surface area (Å²) in [6.07, 6.45) is 6.15. The zero-order valence-corrected chi connectivity index (χ0v) is 19.7. The van der Waals surface area contributed by atoms with Gasteiger partial charge < -0.3 is 10.2 Å². The number of ketones is 1. The molecule has 176 valence electrons. The lowest BCUT2D eigenvalue weighted by Crippen LogP contribution is -2.31. The highest BCUT2D eigenvalue weighted by Crippen LogP contribution is 2.40. The molecule has 5 nitrogen and oxygen atoms in total. The second kappa shape index (κ2) is 10.0. The Kier molecular flexibility index (Phi) is 6.68. The fourth-order valence-electron chi connectivity index (χ4n) is 5.08. The molecule has 2 heterocycles. The van der Waals surface area contributed by atoms with E-state index < -0.39 is 0 Å². The minimum absolute atomic E-state index is 0.0627. The number of fused-ring (bicyclic) bond motifs is 3. The van der Waals surface area contributed by atoms with Gasteiger partial charge in [-0.3, -0.25) is 4.79 Å². The third kappa shape index (κ3) is 5.02. The largest absolute Gasteiger partial charge is 0.369 e. The van der Waals surface area contributed by atoms with Gasteiger partial charge in [-0.05, 0) is 80.7 Å². The first-order valence-corrected chi connectivity index (χ1v) is 12.3. The van der Waals surface area contributed by atoms with Crippen LogP contribution in [0.2, 0.25) is 0 Å². The standard InChI is InChI=1S/C28H31FN4O/c1-19(34)21-9-10-24-22(17-21)18-25-27(24)28(30-11-6-14-33-12-3-2-4-13-33)32-26(31-25)16-20-7-5-8-23(29)15-20/h5,7-10,15,17H,2-4,6,11-14,16,18H2,1H3,(H,30,31,32). The molecule has 0 bridgehead atoms. The number of hydrogen-bond donors (Lipinski definition) is 1. The molecule has 2 aromatic carbocycles. The lowest BCUT2D eigenvalue weighted by molar-refractivity contribution is 0.101. The van der Waals surface area contributed by atoms with Crippen LogP contribution in [0.1, 0.15) is 65.6 Å². The summed E-state index contributed by atoms with van der Waals surface area (Å²) in [4.78, 5) is 24.2. The summed E-state index contributed by atoms with van der Waals surface area (Å²) in [6.45, 7) is 5.92. The Morgan fingerprint density at radius 3 is 2.74 bits per heavy atom. The molecule has 34 heavy (non-hydrogen) atoms. The molecular formula is C28H31FN4O. The number of hydrogen-bond acceptors (Lipinski definition) is 5. The number of halogens is 1. The molecular weight excluding hydrogens is 427 g/mol. The number of carbonyl (C=O) groups excluding carboxylic acids is 1. The third-order valence-corrected chi connectivity index (χ3v) is 6.81. The Morgan fingerprint density at radius 1 is 1.09 bits per heavy atom. The van der Waals surface area contributed by atoms with Gasteiger partial charge in [0.15, 0.2) is 5.78 Å². The van der Waals surface area contributed by atoms with Crippen molar-refractivity contribution in [3.8, 4) is 11.1 Å². The summed E-state index contributed by atoms with van der Waals surface area (Å²) in [5, 5.41) is 3.58. The van der Waals surface area contributed by atoms with E-state index in [0.29, 0.717) is 18.7 Å². The number of anilines is 1. The van der Waals surface area contributed by atoms with Crippen molar-refractivity contribution in [3.63, 3.8) is 0 Å². The molecule has 0 atom stereocenters. The lowest BCUT2D eigenvalue weighted by Gasteiger charge is -2.26. The zero-order valence-electron chi connectivity index (χ0n) is 19.7. The Balaban J connectivity index is 1.40. The first kappa shape index (κ1) is 22.7. The summed E-state index contributed by atoms with van der Waals surface area (Å²) >= 11 is 0. The summed E-state index contributed by atoms with van der Waals surface area (Å²) < 4.78 is 13.7. The molecule has 0 radical (unpaired) electrons. The van der Waals surface area contributed by atoms with Gasteiger partial charge in [0.05, 0.1) is 5.69 Å². The van der Waals surface area contributed by atoms with Gasteiger partial charge in [-0.2, -0.15) is 0 Å². The molecule has 1 saturated heterocycles. The van der Waals surface area contributed by atoms with Crippen LogP contribution in [0, 0.1) is 5.82 Å². The van der Waals surface area contributed by atoms with Crippen molar-refractivity contribution in [2.24, 2.45) is 0 Å². The summed E-state index contributed by atoms with van der Waals surface area (Å²) in [5.41, 5.74) is 5.77. The van der Waals surface area contributed by atoms with Crippen LogP contribution in [-0.4, -0.2) is 46.8 Å². The van der Waals surface area contributed by atoms with E-state index in [1.54, 1.807) is 13.0 Å². The second-order valence-electron chi connectivity index (χ2n) is 9.40. The van der Waals surface area contributed by atoms with Crippen LogP contribution in [0.5, 0.6) is 0 Å². The molecule has 2 aliphatic rings. The van der Waals surface area contributed by atoms with Crippen molar-refractivity contribution >= 4 is 11.6 Å². The van der Waals surface area contributed by atoms with Crippen molar-refractivity contribution < 1.29 is 9.18 Å². The van der Waals surface area contributed by atoms with Gasteiger partial charge in [-0.25, -0.2) is 14.4 Å². The third-order valence-electron chi connectivity index (χ3n) is 6.81. The van der Waals surface area contributed by atoms with E-state index in [9.17, 15) is 9.18 Å². The monoisotopic (exact) mass is 458 g/mol. The van der Waals surface area contributed by atoms with E-state index in [1.807, 2.05) is 24.3 Å². The van der Waals surface area contributed by atoms with Crippen molar-refractivity contribution in [2.75, 3.05) is 31.5 Å². The maximum atomic E-state index is 13.7. The van der Waals surface area contributed by atoms with Gasteiger partial charge >= 0.3 is 0 Å². The predicted molar refractivity (Wildman–Crippen MR) is 133 cm³/mol. The van der Waals surface area contributed by atoms with Crippen molar-refractivity contribution in [1.29, 1.82) is 0 Å². The molecule has 1 fully saturated rings. The van der Waals surface area contributed by atoms with E-state index in [2.05, 4.69) is 10.2 Å². The van der Waals surface area contributed by atoms with E-state index in [0.717, 1.165) is 58.8 Å². The average Bonchev–Trinajstić information content (AvgIpc) is 3.20. The highest BCUT2D eigenvalue weighted by Gasteiger charge is 2.26. The van der Waals surface area contributed by atoms with Crippen LogP contribution in [0.25, 0.3) is 11.1 Å². The molecule has 1 aromatic heterocycles. The van der Waals surface area contributed by atoms with Crippen LogP contribution < -0.4 is 5.32 Å². The number of benzene rings is 2. The number of nitrogens with one attached hydrogen (secondary N) is 1. The van der Waals surface area contributed by atoms with Gasteiger partial charge in [0.25, 0.3) is 0 Å². The van der Waals surface area contributed by atoms with Crippen molar-refractivity contribution in [3.05, 3.63) is 76.5 Å². The Bertz CT molecular complexity index is 1200. The number of Topliss-reactive ketones (excluding diaryl/α,β-unsaturated/α-hetero) is 1. The summed E-state index contributed by atoms with van der Waals surface area (Å²) in [5.74, 6) is 1.33. The fraction of sp³-hybridized carbons (Fsp3) is 0.393. The Labute approximate surface area is 200 Å². The van der Waals surface area contributed by atoms with Gasteiger partial charge in [-0.1, -0.05) is 30.7 Å². The average molecular weight is 459 g/mol. The normalized spacial score (nSPS) is 15.1. The predicted octanol–water partition coefficient (Wildman–Crippen LogP) is 5.27. The minimum Gasteiger partial charge on any atom is -0.369 e. The smallest absolute Gasteiger partial charge is 0.159 e. The van der Waals surface area contributed by atoms with Crippen molar-refractivity contribution in [2.45, 2.75) is 45.4 Å². The Morgan fingerprint density at radius 2 is 1.94 bits per heavy atom. The van der Waals surface area contributed by atoms with E-state index in [-0.39, 0.29) is 11.6 Å². The molecule has 0 spiro atoms. The van der Waals surface area contributed by atoms with Gasteiger partial charge in [0.1, 0.15) is 17.5 Å². The number of likely N-dealkylation sites (tertiary alicyclic amines) is 1.